The second-order valence-electron chi connectivity index (χ2n) is 6.81. The van der Waals surface area contributed by atoms with E-state index in [1.54, 1.807) is 21.3 Å². The van der Waals surface area contributed by atoms with Crippen molar-refractivity contribution >= 4 is 11.4 Å². The van der Waals surface area contributed by atoms with Crippen LogP contribution in [-0.4, -0.2) is 33.5 Å². The summed E-state index contributed by atoms with van der Waals surface area (Å²) in [7, 11) is 7.14. The Morgan fingerprint density at radius 1 is 0.750 bits per heavy atom. The van der Waals surface area contributed by atoms with Gasteiger partial charge in [0.05, 0.1) is 26.4 Å². The van der Waals surface area contributed by atoms with Gasteiger partial charge in [-0.3, -0.25) is 0 Å². The van der Waals surface area contributed by atoms with E-state index in [0.29, 0.717) is 19.8 Å². The molecule has 0 saturated carbocycles. The molecule has 2 aromatic carbocycles. The van der Waals surface area contributed by atoms with Gasteiger partial charge in [0.15, 0.2) is 0 Å². The van der Waals surface area contributed by atoms with Crippen LogP contribution < -0.4 is 4.90 Å². The number of aliphatic hydroxyl groups excluding tert-OH is 1. The molecule has 0 unspecified atom stereocenters. The van der Waals surface area contributed by atoms with Crippen LogP contribution in [0.2, 0.25) is 0 Å². The van der Waals surface area contributed by atoms with E-state index in [9.17, 15) is 5.11 Å². The Balaban J connectivity index is 0.00000392. The molecule has 0 bridgehead atoms. The fourth-order valence-corrected chi connectivity index (χ4v) is 3.42. The van der Waals surface area contributed by atoms with E-state index >= 15 is 0 Å². The van der Waals surface area contributed by atoms with E-state index in [0.717, 1.165) is 39.2 Å². The Kier molecular flexibility index (Phi) is 10.4. The largest absolute Gasteiger partial charge is 0.392 e. The Bertz CT molecular complexity index is 780. The van der Waals surface area contributed by atoms with Crippen molar-refractivity contribution in [2.45, 2.75) is 40.3 Å². The van der Waals surface area contributed by atoms with Crippen LogP contribution in [0.1, 0.15) is 33.4 Å². The van der Waals surface area contributed by atoms with Crippen LogP contribution in [0.25, 0.3) is 0 Å². The van der Waals surface area contributed by atoms with Gasteiger partial charge >= 0.3 is 0 Å². The molecule has 0 aromatic heterocycles. The van der Waals surface area contributed by atoms with E-state index in [1.165, 1.54) is 5.56 Å². The SMILES string of the molecule is COCc1cc(COC)c(C)c(N(C)c2cc(CO)cc(COC)c2C)c1.[W]. The molecule has 0 heterocycles. The van der Waals surface area contributed by atoms with Crippen LogP contribution in [0.15, 0.2) is 24.3 Å². The van der Waals surface area contributed by atoms with Crippen molar-refractivity contribution in [2.24, 2.45) is 0 Å². The molecule has 0 radical (unpaired) electrons. The van der Waals surface area contributed by atoms with Crippen molar-refractivity contribution in [1.29, 1.82) is 0 Å². The van der Waals surface area contributed by atoms with Crippen molar-refractivity contribution in [3.05, 3.63) is 57.6 Å². The predicted octanol–water partition coefficient (Wildman–Crippen LogP) is 4.00. The maximum absolute atomic E-state index is 9.69. The van der Waals surface area contributed by atoms with Gasteiger partial charge in [-0.05, 0) is 59.4 Å². The van der Waals surface area contributed by atoms with Crippen LogP contribution in [0, 0.1) is 13.8 Å². The van der Waals surface area contributed by atoms with Gasteiger partial charge < -0.3 is 24.2 Å². The zero-order chi connectivity index (χ0) is 20.0. The summed E-state index contributed by atoms with van der Waals surface area (Å²) < 4.78 is 16.1. The summed E-state index contributed by atoms with van der Waals surface area (Å²) in [5.41, 5.74) is 8.65. The Hall–Kier alpha value is -1.23. The zero-order valence-electron chi connectivity index (χ0n) is 17.7. The molecule has 5 nitrogen and oxygen atoms in total. The summed E-state index contributed by atoms with van der Waals surface area (Å²) in [5.74, 6) is 0. The number of ether oxygens (including phenoxy) is 3. The van der Waals surface area contributed by atoms with Gasteiger partial charge in [0, 0.05) is 60.8 Å². The monoisotopic (exact) mass is 557 g/mol. The quantitative estimate of drug-likeness (QED) is 0.506. The first-order valence-electron chi connectivity index (χ1n) is 9.03. The number of nitrogens with zero attached hydrogens (tertiary/aromatic N) is 1. The predicted molar refractivity (Wildman–Crippen MR) is 108 cm³/mol. The third-order valence-electron chi connectivity index (χ3n) is 4.91. The first-order chi connectivity index (χ1) is 13.0. The second kappa shape index (κ2) is 11.7. The van der Waals surface area contributed by atoms with Gasteiger partial charge in [0.25, 0.3) is 0 Å². The van der Waals surface area contributed by atoms with Crippen molar-refractivity contribution in [3.63, 3.8) is 0 Å². The van der Waals surface area contributed by atoms with Crippen molar-refractivity contribution in [2.75, 3.05) is 33.3 Å². The molecule has 0 atom stereocenters. The summed E-state index contributed by atoms with van der Waals surface area (Å²) in [6, 6.07) is 8.32. The fraction of sp³-hybridized carbons (Fsp3) is 0.455. The molecule has 0 spiro atoms. The minimum atomic E-state index is -0.00451. The van der Waals surface area contributed by atoms with E-state index in [-0.39, 0.29) is 27.7 Å². The molecule has 6 heteroatoms. The van der Waals surface area contributed by atoms with Crippen LogP contribution in [0.5, 0.6) is 0 Å². The standard InChI is InChI=1S/C22H31NO4.W/c1-15-19(13-26-5)7-17(11-24)9-21(15)23(3)22-10-18(12-25-4)8-20(14-27-6)16(22)2;/h7-10,24H,11-14H2,1-6H3;. The van der Waals surface area contributed by atoms with Gasteiger partial charge in [-0.15, -0.1) is 0 Å². The normalized spacial score (nSPS) is 10.7. The first-order valence-corrected chi connectivity index (χ1v) is 9.03. The van der Waals surface area contributed by atoms with Gasteiger partial charge in [0.2, 0.25) is 0 Å². The van der Waals surface area contributed by atoms with Gasteiger partial charge in [-0.1, -0.05) is 12.1 Å². The Morgan fingerprint density at radius 3 is 1.61 bits per heavy atom. The number of rotatable bonds is 9. The zero-order valence-corrected chi connectivity index (χ0v) is 20.6. The number of hydrogen-bond acceptors (Lipinski definition) is 5. The smallest absolute Gasteiger partial charge is 0.0716 e. The third kappa shape index (κ3) is 5.65. The number of methoxy groups -OCH3 is 3. The number of aliphatic hydroxyl groups is 1. The molecule has 154 valence electrons. The molecule has 0 saturated heterocycles. The average molecular weight is 557 g/mol. The summed E-state index contributed by atoms with van der Waals surface area (Å²) >= 11 is 0. The van der Waals surface area contributed by atoms with Crippen molar-refractivity contribution < 1.29 is 40.4 Å². The molecule has 2 aromatic rings. The van der Waals surface area contributed by atoms with E-state index < -0.39 is 0 Å². The van der Waals surface area contributed by atoms with E-state index in [4.69, 9.17) is 14.2 Å². The summed E-state index contributed by atoms with van der Waals surface area (Å²) in [5, 5.41) is 9.69. The Morgan fingerprint density at radius 2 is 1.18 bits per heavy atom. The number of hydrogen-bond donors (Lipinski definition) is 1. The first kappa shape index (κ1) is 24.8. The molecule has 0 aliphatic heterocycles. The summed E-state index contributed by atoms with van der Waals surface area (Å²) in [6.45, 7) is 5.80. The molecule has 0 aliphatic carbocycles. The molecule has 1 N–H and O–H groups in total. The molecular weight excluding hydrogens is 526 g/mol. The summed E-state index contributed by atoms with van der Waals surface area (Å²) in [6.07, 6.45) is 0. The minimum absolute atomic E-state index is 0. The molecule has 0 fully saturated rings. The van der Waals surface area contributed by atoms with Crippen LogP contribution >= 0.6 is 0 Å². The molecule has 28 heavy (non-hydrogen) atoms. The van der Waals surface area contributed by atoms with Crippen molar-refractivity contribution in [3.8, 4) is 0 Å². The van der Waals surface area contributed by atoms with Crippen LogP contribution in [-0.2, 0) is 61.7 Å². The van der Waals surface area contributed by atoms with Crippen molar-refractivity contribution in [1.82, 2.24) is 0 Å². The maximum Gasteiger partial charge on any atom is 0.0716 e. The van der Waals surface area contributed by atoms with Gasteiger partial charge in [-0.25, -0.2) is 0 Å². The van der Waals surface area contributed by atoms with E-state index in [2.05, 4.69) is 37.9 Å². The number of anilines is 2. The fourth-order valence-electron chi connectivity index (χ4n) is 3.42. The van der Waals surface area contributed by atoms with Gasteiger partial charge in [0.1, 0.15) is 0 Å². The maximum atomic E-state index is 9.69. The summed E-state index contributed by atoms with van der Waals surface area (Å²) in [4.78, 5) is 2.17. The topological polar surface area (TPSA) is 51.2 Å². The minimum Gasteiger partial charge on any atom is -0.392 e. The molecule has 0 amide bonds. The van der Waals surface area contributed by atoms with Crippen LogP contribution in [0.3, 0.4) is 0 Å². The molecule has 2 rings (SSSR count). The third-order valence-corrected chi connectivity index (χ3v) is 4.91. The molecule has 0 aliphatic rings. The van der Waals surface area contributed by atoms with Crippen LogP contribution in [0.4, 0.5) is 11.4 Å². The average Bonchev–Trinajstić information content (AvgIpc) is 2.66. The Labute approximate surface area is 182 Å². The second-order valence-corrected chi connectivity index (χ2v) is 6.81. The van der Waals surface area contributed by atoms with E-state index in [1.807, 2.05) is 12.1 Å². The molecular formula is C22H31NO4W. The number of benzene rings is 2. The van der Waals surface area contributed by atoms with Gasteiger partial charge in [-0.2, -0.15) is 0 Å².